The molecule has 1 unspecified atom stereocenters. The second kappa shape index (κ2) is 5.37. The van der Waals surface area contributed by atoms with E-state index in [2.05, 4.69) is 0 Å². The van der Waals surface area contributed by atoms with Gasteiger partial charge in [0.1, 0.15) is 6.54 Å². The molecule has 1 aliphatic rings. The molecule has 1 fully saturated rings. The molecule has 1 atom stereocenters. The van der Waals surface area contributed by atoms with Gasteiger partial charge in [-0.2, -0.15) is 0 Å². The van der Waals surface area contributed by atoms with Gasteiger partial charge in [0, 0.05) is 7.05 Å². The van der Waals surface area contributed by atoms with Crippen molar-refractivity contribution in [3.63, 3.8) is 0 Å². The number of thioether (sulfide) groups is 1. The molecule has 1 aliphatic heterocycles. The fourth-order valence-corrected chi connectivity index (χ4v) is 2.09. The molecule has 6 heteroatoms. The van der Waals surface area contributed by atoms with Crippen molar-refractivity contribution in [1.82, 2.24) is 9.80 Å². The number of likely N-dealkylation sites (N-methyl/N-ethyl adjacent to an activating group) is 1. The lowest BCUT2D eigenvalue weighted by Crippen LogP contribution is -2.44. The topological polar surface area (TPSA) is 60.9 Å². The third-order valence-electron chi connectivity index (χ3n) is 2.47. The van der Waals surface area contributed by atoms with Gasteiger partial charge in [0.25, 0.3) is 0 Å². The monoisotopic (exact) mass is 232 g/mol. The third-order valence-corrected chi connectivity index (χ3v) is 3.42. The maximum atomic E-state index is 11.7. The van der Waals surface area contributed by atoms with Crippen LogP contribution in [0.1, 0.15) is 6.92 Å². The van der Waals surface area contributed by atoms with Gasteiger partial charge in [0.15, 0.2) is 0 Å². The van der Waals surface area contributed by atoms with Crippen molar-refractivity contribution in [1.29, 1.82) is 0 Å². The zero-order valence-electron chi connectivity index (χ0n) is 8.97. The Morgan fingerprint density at radius 1 is 1.73 bits per heavy atom. The summed E-state index contributed by atoms with van der Waals surface area (Å²) in [6.45, 7) is 1.82. The first-order chi connectivity index (χ1) is 7.06. The smallest absolute Gasteiger partial charge is 0.242 e. The van der Waals surface area contributed by atoms with Crippen molar-refractivity contribution in [3.8, 4) is 0 Å². The summed E-state index contributed by atoms with van der Waals surface area (Å²) in [7, 11) is 1.64. The summed E-state index contributed by atoms with van der Waals surface area (Å²) in [5.74, 6) is 0.934. The summed E-state index contributed by atoms with van der Waals surface area (Å²) in [6.07, 6.45) is 0. The van der Waals surface area contributed by atoms with Crippen molar-refractivity contribution >= 4 is 23.6 Å². The summed E-state index contributed by atoms with van der Waals surface area (Å²) in [5, 5.41) is 8.89. The van der Waals surface area contributed by atoms with Gasteiger partial charge in [0.2, 0.25) is 11.8 Å². The number of hydrogen-bond donors (Lipinski definition) is 1. The minimum Gasteiger partial charge on any atom is -0.394 e. The average Bonchev–Trinajstić information content (AvgIpc) is 2.62. The van der Waals surface area contributed by atoms with Crippen LogP contribution in [0.2, 0.25) is 0 Å². The Morgan fingerprint density at radius 3 is 2.87 bits per heavy atom. The first kappa shape index (κ1) is 12.3. The van der Waals surface area contributed by atoms with Crippen molar-refractivity contribution < 1.29 is 14.7 Å². The number of aliphatic hydroxyl groups is 1. The zero-order valence-corrected chi connectivity index (χ0v) is 9.79. The van der Waals surface area contributed by atoms with Crippen molar-refractivity contribution in [2.24, 2.45) is 0 Å². The second-order valence-electron chi connectivity index (χ2n) is 3.61. The van der Waals surface area contributed by atoms with E-state index in [1.165, 1.54) is 21.6 Å². The van der Waals surface area contributed by atoms with E-state index >= 15 is 0 Å². The molecule has 5 nitrogen and oxygen atoms in total. The zero-order chi connectivity index (χ0) is 11.4. The minimum atomic E-state index is -0.206. The van der Waals surface area contributed by atoms with Crippen LogP contribution in [0.25, 0.3) is 0 Å². The van der Waals surface area contributed by atoms with E-state index in [-0.39, 0.29) is 31.0 Å². The maximum Gasteiger partial charge on any atom is 0.242 e. The third kappa shape index (κ3) is 3.10. The van der Waals surface area contributed by atoms with Crippen LogP contribution in [0.5, 0.6) is 0 Å². The molecule has 0 bridgehead atoms. The van der Waals surface area contributed by atoms with Crippen LogP contribution in [-0.2, 0) is 9.59 Å². The molecule has 0 radical (unpaired) electrons. The summed E-state index contributed by atoms with van der Waals surface area (Å²) in [6, 6.07) is -0.206. The van der Waals surface area contributed by atoms with E-state index in [1.807, 2.05) is 0 Å². The highest BCUT2D eigenvalue weighted by atomic mass is 32.2. The van der Waals surface area contributed by atoms with E-state index in [4.69, 9.17) is 5.11 Å². The lowest BCUT2D eigenvalue weighted by Gasteiger charge is -2.25. The molecular weight excluding hydrogens is 216 g/mol. The Hall–Kier alpha value is -0.750. The summed E-state index contributed by atoms with van der Waals surface area (Å²) in [4.78, 5) is 25.9. The molecule has 0 aromatic heterocycles. The van der Waals surface area contributed by atoms with Crippen LogP contribution < -0.4 is 0 Å². The predicted molar refractivity (Wildman–Crippen MR) is 58.4 cm³/mol. The first-order valence-corrected chi connectivity index (χ1v) is 5.93. The number of carbonyl (C=O) groups excluding carboxylic acids is 2. The normalized spacial score (nSPS) is 18.1. The Kier molecular flexibility index (Phi) is 4.41. The van der Waals surface area contributed by atoms with E-state index in [1.54, 1.807) is 14.0 Å². The number of hydrogen-bond acceptors (Lipinski definition) is 4. The molecule has 1 saturated heterocycles. The number of amides is 2. The molecule has 0 aromatic carbocycles. The number of nitrogens with zero attached hydrogens (tertiary/aromatic N) is 2. The second-order valence-corrected chi connectivity index (χ2v) is 4.56. The van der Waals surface area contributed by atoms with Crippen LogP contribution in [0.3, 0.4) is 0 Å². The fraction of sp³-hybridized carbons (Fsp3) is 0.778. The van der Waals surface area contributed by atoms with Gasteiger partial charge in [-0.1, -0.05) is 0 Å². The van der Waals surface area contributed by atoms with Gasteiger partial charge >= 0.3 is 0 Å². The fourth-order valence-electron chi connectivity index (χ4n) is 1.18. The molecule has 86 valence electrons. The average molecular weight is 232 g/mol. The Bertz CT molecular complexity index is 260. The highest BCUT2D eigenvalue weighted by Crippen LogP contribution is 2.14. The quantitative estimate of drug-likeness (QED) is 0.700. The molecule has 1 rings (SSSR count). The van der Waals surface area contributed by atoms with Gasteiger partial charge in [-0.15, -0.1) is 11.8 Å². The van der Waals surface area contributed by atoms with Crippen molar-refractivity contribution in [2.45, 2.75) is 13.0 Å². The van der Waals surface area contributed by atoms with Crippen LogP contribution in [-0.4, -0.2) is 64.6 Å². The highest BCUT2D eigenvalue weighted by Gasteiger charge is 2.25. The van der Waals surface area contributed by atoms with E-state index in [0.29, 0.717) is 11.6 Å². The predicted octanol–water partition coefficient (Wildman–Crippen LogP) is -0.641. The molecule has 1 heterocycles. The summed E-state index contributed by atoms with van der Waals surface area (Å²) in [5.41, 5.74) is 0. The highest BCUT2D eigenvalue weighted by molar-refractivity contribution is 8.00. The minimum absolute atomic E-state index is 0.0124. The molecule has 0 spiro atoms. The van der Waals surface area contributed by atoms with Crippen molar-refractivity contribution in [3.05, 3.63) is 0 Å². The van der Waals surface area contributed by atoms with Crippen LogP contribution in [0.4, 0.5) is 0 Å². The van der Waals surface area contributed by atoms with Crippen LogP contribution in [0.15, 0.2) is 0 Å². The Labute approximate surface area is 93.4 Å². The maximum absolute atomic E-state index is 11.7. The molecule has 0 saturated carbocycles. The summed E-state index contributed by atoms with van der Waals surface area (Å²) >= 11 is 1.51. The van der Waals surface area contributed by atoms with Gasteiger partial charge in [0.05, 0.1) is 24.3 Å². The van der Waals surface area contributed by atoms with E-state index in [9.17, 15) is 9.59 Å². The Balaban J connectivity index is 2.44. The molecule has 1 N–H and O–H groups in total. The SMILES string of the molecule is CC(CO)N(C)C(=O)CN1CSCC1=O. The van der Waals surface area contributed by atoms with Crippen molar-refractivity contribution in [2.75, 3.05) is 31.8 Å². The van der Waals surface area contributed by atoms with Gasteiger partial charge < -0.3 is 14.9 Å². The largest absolute Gasteiger partial charge is 0.394 e. The number of rotatable bonds is 4. The Morgan fingerprint density at radius 2 is 2.40 bits per heavy atom. The number of aliphatic hydroxyl groups excluding tert-OH is 1. The van der Waals surface area contributed by atoms with E-state index in [0.717, 1.165) is 0 Å². The molecule has 0 aliphatic carbocycles. The lowest BCUT2D eigenvalue weighted by molar-refractivity contribution is -0.138. The lowest BCUT2D eigenvalue weighted by atomic mass is 10.3. The molecule has 0 aromatic rings. The van der Waals surface area contributed by atoms with Gasteiger partial charge in [-0.05, 0) is 6.92 Å². The van der Waals surface area contributed by atoms with Crippen LogP contribution in [0, 0.1) is 0 Å². The molecular formula is C9H16N2O3S. The first-order valence-electron chi connectivity index (χ1n) is 4.78. The van der Waals surface area contributed by atoms with Gasteiger partial charge in [-0.25, -0.2) is 0 Å². The van der Waals surface area contributed by atoms with Crippen LogP contribution >= 0.6 is 11.8 Å². The van der Waals surface area contributed by atoms with Gasteiger partial charge in [-0.3, -0.25) is 9.59 Å². The van der Waals surface area contributed by atoms with E-state index < -0.39 is 0 Å². The standard InChI is InChI=1S/C9H16N2O3S/c1-7(4-12)10(2)8(13)3-11-6-15-5-9(11)14/h7,12H,3-6H2,1-2H3. The molecule has 15 heavy (non-hydrogen) atoms. The molecule has 2 amide bonds. The summed E-state index contributed by atoms with van der Waals surface area (Å²) < 4.78 is 0. The number of carbonyl (C=O) groups is 2.